The summed E-state index contributed by atoms with van der Waals surface area (Å²) in [7, 11) is 0. The Morgan fingerprint density at radius 3 is 2.58 bits per heavy atom. The van der Waals surface area contributed by atoms with Crippen LogP contribution in [0.5, 0.6) is 0 Å². The first-order valence-corrected chi connectivity index (χ1v) is 11.2. The Balaban J connectivity index is 1.41. The lowest BCUT2D eigenvalue weighted by molar-refractivity contribution is 0.0398. The molecule has 0 amide bonds. The zero-order valence-electron chi connectivity index (χ0n) is 17.7. The number of nitrogens with zero attached hydrogens (tertiary/aromatic N) is 7. The second kappa shape index (κ2) is 9.52. The van der Waals surface area contributed by atoms with Crippen molar-refractivity contribution in [1.82, 2.24) is 34.4 Å². The van der Waals surface area contributed by atoms with Crippen LogP contribution in [0, 0.1) is 0 Å². The second-order valence-corrected chi connectivity index (χ2v) is 8.09. The van der Waals surface area contributed by atoms with Gasteiger partial charge in [0.2, 0.25) is 11.9 Å². The summed E-state index contributed by atoms with van der Waals surface area (Å²) < 4.78 is 7.66. The molecule has 3 aromatic rings. The molecule has 1 saturated heterocycles. The van der Waals surface area contributed by atoms with E-state index in [0.29, 0.717) is 17.9 Å². The van der Waals surface area contributed by atoms with Crippen LogP contribution in [0.25, 0.3) is 11.2 Å². The van der Waals surface area contributed by atoms with Crippen molar-refractivity contribution in [3.05, 3.63) is 24.8 Å². The highest BCUT2D eigenvalue weighted by Crippen LogP contribution is 2.32. The normalized spacial score (nSPS) is 18.3. The minimum atomic E-state index is 0.440. The van der Waals surface area contributed by atoms with Crippen molar-refractivity contribution in [2.24, 2.45) is 0 Å². The summed E-state index contributed by atoms with van der Waals surface area (Å²) in [6, 6.07) is 2.22. The van der Waals surface area contributed by atoms with Gasteiger partial charge in [0.15, 0.2) is 17.0 Å². The van der Waals surface area contributed by atoms with Gasteiger partial charge in [-0.3, -0.25) is 10.2 Å². The van der Waals surface area contributed by atoms with Crippen LogP contribution in [-0.2, 0) is 4.74 Å². The molecule has 0 spiro atoms. The fourth-order valence-corrected chi connectivity index (χ4v) is 4.34. The minimum Gasteiger partial charge on any atom is -0.379 e. The van der Waals surface area contributed by atoms with E-state index in [1.165, 1.54) is 32.1 Å². The van der Waals surface area contributed by atoms with Crippen LogP contribution in [0.3, 0.4) is 0 Å². The Morgan fingerprint density at radius 2 is 1.77 bits per heavy atom. The van der Waals surface area contributed by atoms with Crippen LogP contribution < -0.4 is 10.6 Å². The molecule has 4 heterocycles. The zero-order valence-corrected chi connectivity index (χ0v) is 17.7. The molecule has 5 rings (SSSR count). The Hall–Kier alpha value is -2.85. The second-order valence-electron chi connectivity index (χ2n) is 8.09. The predicted molar refractivity (Wildman–Crippen MR) is 119 cm³/mol. The molecule has 2 aliphatic rings. The SMILES string of the molecule is c1cnc(Nc2nc(NCCN3CCOCC3)c3ncn(C4CCCCC4)c3n2)nc1. The molecule has 1 saturated carbocycles. The molecular formula is C21H29N9O. The average molecular weight is 424 g/mol. The van der Waals surface area contributed by atoms with Crippen molar-refractivity contribution in [2.75, 3.05) is 50.0 Å². The molecule has 0 aromatic carbocycles. The minimum absolute atomic E-state index is 0.440. The molecule has 3 aromatic heterocycles. The number of nitrogens with one attached hydrogen (secondary N) is 2. The summed E-state index contributed by atoms with van der Waals surface area (Å²) in [4.78, 5) is 25.1. The first-order chi connectivity index (χ1) is 15.4. The van der Waals surface area contributed by atoms with E-state index in [4.69, 9.17) is 19.7 Å². The van der Waals surface area contributed by atoms with Gasteiger partial charge in [-0.05, 0) is 18.9 Å². The number of anilines is 3. The number of hydrogen-bond donors (Lipinski definition) is 2. The standard InChI is InChI=1S/C21H29N9O/c1-2-5-16(6-3-1)30-15-25-17-18(22-9-10-29-11-13-31-14-12-29)26-21(27-19(17)30)28-20-23-7-4-8-24-20/h4,7-8,15-16H,1-3,5-6,9-14H2,(H2,22,23,24,26,27,28). The third-order valence-corrected chi connectivity index (χ3v) is 6.00. The molecule has 10 nitrogen and oxygen atoms in total. The molecule has 2 N–H and O–H groups in total. The number of morpholine rings is 1. The van der Waals surface area contributed by atoms with Gasteiger partial charge in [-0.1, -0.05) is 19.3 Å². The zero-order chi connectivity index (χ0) is 20.9. The van der Waals surface area contributed by atoms with Gasteiger partial charge < -0.3 is 14.6 Å². The van der Waals surface area contributed by atoms with Crippen LogP contribution in [0.15, 0.2) is 24.8 Å². The number of fused-ring (bicyclic) bond motifs is 1. The molecule has 0 unspecified atom stereocenters. The van der Waals surface area contributed by atoms with Crippen LogP contribution in [0.4, 0.5) is 17.7 Å². The summed E-state index contributed by atoms with van der Waals surface area (Å²) in [5.74, 6) is 1.70. The summed E-state index contributed by atoms with van der Waals surface area (Å²) >= 11 is 0. The highest BCUT2D eigenvalue weighted by Gasteiger charge is 2.21. The first kappa shape index (κ1) is 20.1. The van der Waals surface area contributed by atoms with Crippen molar-refractivity contribution >= 4 is 28.9 Å². The summed E-state index contributed by atoms with van der Waals surface area (Å²) in [6.45, 7) is 5.25. The van der Waals surface area contributed by atoms with Gasteiger partial charge in [0.05, 0.1) is 19.5 Å². The van der Waals surface area contributed by atoms with Crippen molar-refractivity contribution in [3.63, 3.8) is 0 Å². The number of rotatable bonds is 7. The highest BCUT2D eigenvalue weighted by molar-refractivity contribution is 5.84. The molecule has 164 valence electrons. The van der Waals surface area contributed by atoms with Crippen molar-refractivity contribution < 1.29 is 4.74 Å². The van der Waals surface area contributed by atoms with Gasteiger partial charge in [-0.25, -0.2) is 15.0 Å². The largest absolute Gasteiger partial charge is 0.379 e. The van der Waals surface area contributed by atoms with E-state index < -0.39 is 0 Å². The quantitative estimate of drug-likeness (QED) is 0.593. The van der Waals surface area contributed by atoms with Gasteiger partial charge in [-0.2, -0.15) is 9.97 Å². The maximum absolute atomic E-state index is 5.44. The summed E-state index contributed by atoms with van der Waals surface area (Å²) in [5, 5.41) is 6.63. The maximum atomic E-state index is 5.44. The van der Waals surface area contributed by atoms with E-state index in [2.05, 4.69) is 30.1 Å². The fourth-order valence-electron chi connectivity index (χ4n) is 4.34. The Kier molecular flexibility index (Phi) is 6.17. The van der Waals surface area contributed by atoms with Crippen molar-refractivity contribution in [1.29, 1.82) is 0 Å². The molecule has 10 heteroatoms. The Morgan fingerprint density at radius 1 is 0.968 bits per heavy atom. The first-order valence-electron chi connectivity index (χ1n) is 11.2. The number of imidazole rings is 1. The van der Waals surface area contributed by atoms with E-state index in [0.717, 1.165) is 56.4 Å². The molecule has 1 aliphatic carbocycles. The van der Waals surface area contributed by atoms with E-state index in [1.54, 1.807) is 18.5 Å². The molecule has 2 fully saturated rings. The lowest BCUT2D eigenvalue weighted by Gasteiger charge is -2.26. The average Bonchev–Trinajstić information content (AvgIpc) is 3.25. The van der Waals surface area contributed by atoms with Gasteiger partial charge in [0.1, 0.15) is 0 Å². The van der Waals surface area contributed by atoms with Crippen molar-refractivity contribution in [2.45, 2.75) is 38.1 Å². The van der Waals surface area contributed by atoms with Gasteiger partial charge in [0.25, 0.3) is 0 Å². The summed E-state index contributed by atoms with van der Waals surface area (Å²) in [5.41, 5.74) is 1.67. The Bertz CT molecular complexity index is 981. The Labute approximate surface area is 181 Å². The topological polar surface area (TPSA) is 106 Å². The summed E-state index contributed by atoms with van der Waals surface area (Å²) in [6.07, 6.45) is 11.5. The molecule has 0 radical (unpaired) electrons. The van der Waals surface area contributed by atoms with Gasteiger partial charge >= 0.3 is 0 Å². The molecular weight excluding hydrogens is 394 g/mol. The highest BCUT2D eigenvalue weighted by atomic mass is 16.5. The van der Waals surface area contributed by atoms with Crippen molar-refractivity contribution in [3.8, 4) is 0 Å². The third-order valence-electron chi connectivity index (χ3n) is 6.00. The number of ether oxygens (including phenoxy) is 1. The van der Waals surface area contributed by atoms with Crippen LogP contribution >= 0.6 is 0 Å². The smallest absolute Gasteiger partial charge is 0.233 e. The van der Waals surface area contributed by atoms with E-state index >= 15 is 0 Å². The van der Waals surface area contributed by atoms with Crippen LogP contribution in [0.1, 0.15) is 38.1 Å². The maximum Gasteiger partial charge on any atom is 0.233 e. The van der Waals surface area contributed by atoms with E-state index in [1.807, 2.05) is 6.33 Å². The number of hydrogen-bond acceptors (Lipinski definition) is 9. The van der Waals surface area contributed by atoms with Gasteiger partial charge in [0, 0.05) is 44.6 Å². The molecule has 0 bridgehead atoms. The fraction of sp³-hybridized carbons (Fsp3) is 0.571. The lowest BCUT2D eigenvalue weighted by Crippen LogP contribution is -2.39. The van der Waals surface area contributed by atoms with E-state index in [-0.39, 0.29) is 0 Å². The number of aromatic nitrogens is 6. The molecule has 1 aliphatic heterocycles. The third kappa shape index (κ3) is 4.75. The molecule has 0 atom stereocenters. The van der Waals surface area contributed by atoms with Crippen LogP contribution in [-0.4, -0.2) is 73.8 Å². The van der Waals surface area contributed by atoms with Gasteiger partial charge in [-0.15, -0.1) is 0 Å². The predicted octanol–water partition coefficient (Wildman–Crippen LogP) is 2.61. The lowest BCUT2D eigenvalue weighted by atomic mass is 9.95. The monoisotopic (exact) mass is 423 g/mol. The van der Waals surface area contributed by atoms with Crippen LogP contribution in [0.2, 0.25) is 0 Å². The molecule has 31 heavy (non-hydrogen) atoms. The van der Waals surface area contributed by atoms with E-state index in [9.17, 15) is 0 Å².